The average Bonchev–Trinajstić information content (AvgIpc) is 2.75. The molecule has 1 atom stereocenters. The fraction of sp³-hybridized carbons (Fsp3) is 0.318. The summed E-state index contributed by atoms with van der Waals surface area (Å²) in [6.45, 7) is 1.92. The highest BCUT2D eigenvalue weighted by Gasteiger charge is 2.25. The topological polar surface area (TPSA) is 51.1 Å². The van der Waals surface area contributed by atoms with Gasteiger partial charge in [-0.25, -0.2) is 9.97 Å². The van der Waals surface area contributed by atoms with Gasteiger partial charge in [0.1, 0.15) is 5.75 Å². The zero-order chi connectivity index (χ0) is 18.5. The van der Waals surface area contributed by atoms with Gasteiger partial charge in [-0.3, -0.25) is 9.88 Å². The molecular formula is C22H24N4O. The van der Waals surface area contributed by atoms with Crippen molar-refractivity contribution in [3.8, 4) is 17.1 Å². The first-order valence-electron chi connectivity index (χ1n) is 9.44. The normalized spacial score (nSPS) is 17.6. The first kappa shape index (κ1) is 17.6. The van der Waals surface area contributed by atoms with Crippen molar-refractivity contribution in [1.82, 2.24) is 19.9 Å². The first-order chi connectivity index (χ1) is 13.3. The Hall–Kier alpha value is -2.79. The largest absolute Gasteiger partial charge is 0.496 e. The Morgan fingerprint density at radius 2 is 1.81 bits per heavy atom. The summed E-state index contributed by atoms with van der Waals surface area (Å²) in [5.41, 5.74) is 3.19. The Bertz CT molecular complexity index is 867. The maximum Gasteiger partial charge on any atom is 0.162 e. The summed E-state index contributed by atoms with van der Waals surface area (Å²) in [7, 11) is 1.67. The van der Waals surface area contributed by atoms with E-state index in [1.165, 1.54) is 12.8 Å². The van der Waals surface area contributed by atoms with Crippen molar-refractivity contribution < 1.29 is 4.74 Å². The van der Waals surface area contributed by atoms with E-state index in [2.05, 4.69) is 32.0 Å². The van der Waals surface area contributed by atoms with Crippen LogP contribution in [0.3, 0.4) is 0 Å². The lowest BCUT2D eigenvalue weighted by molar-refractivity contribution is 0.137. The molecule has 3 aromatic rings. The summed E-state index contributed by atoms with van der Waals surface area (Å²) in [5.74, 6) is 1.48. The Morgan fingerprint density at radius 1 is 1.00 bits per heavy atom. The van der Waals surface area contributed by atoms with Crippen molar-refractivity contribution in [1.29, 1.82) is 0 Å². The second kappa shape index (κ2) is 8.27. The Kier molecular flexibility index (Phi) is 5.39. The molecule has 0 unspecified atom stereocenters. The molecule has 0 aliphatic carbocycles. The predicted molar refractivity (Wildman–Crippen MR) is 105 cm³/mol. The van der Waals surface area contributed by atoms with Gasteiger partial charge in [0.05, 0.1) is 24.4 Å². The number of pyridine rings is 1. The number of aromatic nitrogens is 3. The van der Waals surface area contributed by atoms with E-state index in [0.717, 1.165) is 42.1 Å². The van der Waals surface area contributed by atoms with Crippen molar-refractivity contribution in [3.05, 3.63) is 72.3 Å². The van der Waals surface area contributed by atoms with Crippen LogP contribution < -0.4 is 4.74 Å². The molecule has 27 heavy (non-hydrogen) atoms. The number of likely N-dealkylation sites (tertiary alicyclic amines) is 1. The van der Waals surface area contributed by atoms with Gasteiger partial charge in [0.15, 0.2) is 5.82 Å². The van der Waals surface area contributed by atoms with Crippen molar-refractivity contribution in [3.63, 3.8) is 0 Å². The predicted octanol–water partition coefficient (Wildman–Crippen LogP) is 4.27. The number of nitrogens with zero attached hydrogens (tertiary/aromatic N) is 4. The third kappa shape index (κ3) is 3.98. The quantitative estimate of drug-likeness (QED) is 0.680. The first-order valence-corrected chi connectivity index (χ1v) is 9.44. The maximum atomic E-state index is 5.42. The fourth-order valence-electron chi connectivity index (χ4n) is 3.73. The molecule has 0 saturated carbocycles. The number of rotatable bonds is 5. The van der Waals surface area contributed by atoms with Gasteiger partial charge < -0.3 is 4.74 Å². The second-order valence-corrected chi connectivity index (χ2v) is 6.85. The number of piperidine rings is 1. The van der Waals surface area contributed by atoms with Crippen LogP contribution in [0.2, 0.25) is 0 Å². The van der Waals surface area contributed by atoms with Crippen LogP contribution in [-0.2, 0) is 6.54 Å². The maximum absolute atomic E-state index is 5.42. The van der Waals surface area contributed by atoms with Crippen LogP contribution in [0.15, 0.2) is 61.1 Å². The summed E-state index contributed by atoms with van der Waals surface area (Å²) >= 11 is 0. The Labute approximate surface area is 160 Å². The standard InChI is InChI=1S/C22H24N4O/c1-27-21-11-3-2-8-18(21)22-24-14-17(15-25-22)16-26-13-7-5-10-20(26)19-9-4-6-12-23-19/h2-4,6,8-9,11-12,14-15,20H,5,7,10,13,16H2,1H3/t20-/m1/s1. The molecule has 0 radical (unpaired) electrons. The van der Waals surface area contributed by atoms with Gasteiger partial charge in [-0.05, 0) is 43.7 Å². The van der Waals surface area contributed by atoms with E-state index >= 15 is 0 Å². The molecule has 5 nitrogen and oxygen atoms in total. The van der Waals surface area contributed by atoms with E-state index in [9.17, 15) is 0 Å². The molecule has 0 amide bonds. The van der Waals surface area contributed by atoms with E-state index in [-0.39, 0.29) is 0 Å². The number of methoxy groups -OCH3 is 1. The van der Waals surface area contributed by atoms with Crippen LogP contribution in [0.5, 0.6) is 5.75 Å². The second-order valence-electron chi connectivity index (χ2n) is 6.85. The number of hydrogen-bond acceptors (Lipinski definition) is 5. The molecule has 138 valence electrons. The van der Waals surface area contributed by atoms with Gasteiger partial charge >= 0.3 is 0 Å². The summed E-state index contributed by atoms with van der Waals surface area (Å²) in [5, 5.41) is 0. The highest BCUT2D eigenvalue weighted by molar-refractivity contribution is 5.63. The van der Waals surface area contributed by atoms with Gasteiger partial charge in [-0.15, -0.1) is 0 Å². The molecule has 2 aromatic heterocycles. The molecular weight excluding hydrogens is 336 g/mol. The molecule has 0 N–H and O–H groups in total. The molecule has 1 aliphatic heterocycles. The van der Waals surface area contributed by atoms with Crippen LogP contribution in [-0.4, -0.2) is 33.5 Å². The molecule has 4 rings (SSSR count). The monoisotopic (exact) mass is 360 g/mol. The number of benzene rings is 1. The Morgan fingerprint density at radius 3 is 2.59 bits per heavy atom. The van der Waals surface area contributed by atoms with Gasteiger partial charge in [0.25, 0.3) is 0 Å². The number of ether oxygens (including phenoxy) is 1. The lowest BCUT2D eigenvalue weighted by Crippen LogP contribution is -2.33. The molecule has 1 aromatic carbocycles. The van der Waals surface area contributed by atoms with E-state index in [4.69, 9.17) is 4.74 Å². The lowest BCUT2D eigenvalue weighted by atomic mass is 9.98. The van der Waals surface area contributed by atoms with E-state index in [1.54, 1.807) is 7.11 Å². The number of para-hydroxylation sites is 1. The average molecular weight is 360 g/mol. The summed E-state index contributed by atoms with van der Waals surface area (Å²) in [6.07, 6.45) is 9.37. The zero-order valence-corrected chi connectivity index (χ0v) is 15.6. The van der Waals surface area contributed by atoms with Crippen LogP contribution in [0.1, 0.15) is 36.6 Å². The molecule has 1 aliphatic rings. The Balaban J connectivity index is 1.52. The smallest absolute Gasteiger partial charge is 0.162 e. The van der Waals surface area contributed by atoms with Crippen LogP contribution in [0.4, 0.5) is 0 Å². The fourth-order valence-corrected chi connectivity index (χ4v) is 3.73. The third-order valence-corrected chi connectivity index (χ3v) is 5.08. The zero-order valence-electron chi connectivity index (χ0n) is 15.6. The minimum Gasteiger partial charge on any atom is -0.496 e. The van der Waals surface area contributed by atoms with Gasteiger partial charge in [-0.2, -0.15) is 0 Å². The third-order valence-electron chi connectivity index (χ3n) is 5.08. The van der Waals surface area contributed by atoms with E-state index in [1.807, 2.05) is 48.9 Å². The molecule has 1 saturated heterocycles. The molecule has 0 spiro atoms. The van der Waals surface area contributed by atoms with Crippen LogP contribution in [0.25, 0.3) is 11.4 Å². The molecule has 0 bridgehead atoms. The highest BCUT2D eigenvalue weighted by atomic mass is 16.5. The van der Waals surface area contributed by atoms with E-state index < -0.39 is 0 Å². The minimum absolute atomic E-state index is 0.369. The van der Waals surface area contributed by atoms with Crippen molar-refractivity contribution in [2.75, 3.05) is 13.7 Å². The van der Waals surface area contributed by atoms with E-state index in [0.29, 0.717) is 11.9 Å². The molecule has 5 heteroatoms. The van der Waals surface area contributed by atoms with Crippen LogP contribution in [0, 0.1) is 0 Å². The summed E-state index contributed by atoms with van der Waals surface area (Å²) in [4.78, 5) is 16.2. The van der Waals surface area contributed by atoms with Crippen molar-refractivity contribution in [2.24, 2.45) is 0 Å². The number of hydrogen-bond donors (Lipinski definition) is 0. The summed E-state index contributed by atoms with van der Waals surface area (Å²) in [6, 6.07) is 14.4. The van der Waals surface area contributed by atoms with Crippen LogP contribution >= 0.6 is 0 Å². The van der Waals surface area contributed by atoms with Crippen molar-refractivity contribution in [2.45, 2.75) is 31.8 Å². The van der Waals surface area contributed by atoms with Crippen molar-refractivity contribution >= 4 is 0 Å². The summed E-state index contributed by atoms with van der Waals surface area (Å²) < 4.78 is 5.42. The van der Waals surface area contributed by atoms with Gasteiger partial charge in [-0.1, -0.05) is 24.6 Å². The minimum atomic E-state index is 0.369. The highest BCUT2D eigenvalue weighted by Crippen LogP contribution is 2.31. The van der Waals surface area contributed by atoms with Gasteiger partial charge in [0.2, 0.25) is 0 Å². The molecule has 1 fully saturated rings. The lowest BCUT2D eigenvalue weighted by Gasteiger charge is -2.35. The SMILES string of the molecule is COc1ccccc1-c1ncc(CN2CCCC[C@@H]2c2ccccn2)cn1. The molecule has 3 heterocycles. The van der Waals surface area contributed by atoms with Gasteiger partial charge in [0, 0.05) is 30.7 Å².